The van der Waals surface area contributed by atoms with Crippen LogP contribution in [0.4, 0.5) is 5.69 Å². The Morgan fingerprint density at radius 1 is 1.00 bits per heavy atom. The maximum atomic E-state index is 14.0. The first kappa shape index (κ1) is 34.4. The summed E-state index contributed by atoms with van der Waals surface area (Å²) < 4.78 is 40.9. The standard InChI is InChI=1S/C37H39N5O7S/c1-5-24-21-37(24,36(45)42-50(46,47)34-14-10-9-13-29(34)38-3)41-35(44)28-17-25(18-31(28)40-22(2)43)49-32-15-16-39-30-20-33(48-4)26(19-27(30)32)23-11-7-6-8-12-23/h5-16,19-20,24-25,28,31,38H,1,17-18,21H2,2-4H3,(H,40,43)(H,41,44)(H,42,45)/t24-,25-,28-,31+,37-/m1/s1. The van der Waals surface area contributed by atoms with E-state index in [1.807, 2.05) is 42.5 Å². The molecule has 3 amide bonds. The van der Waals surface area contributed by atoms with Gasteiger partial charge in [0.25, 0.3) is 15.9 Å². The maximum absolute atomic E-state index is 14.0. The SMILES string of the molecule is C=C[C@@H]1C[C@]1(NC(=O)[C@@H]1C[C@@H](Oc2ccnc3cc(OC)c(-c4ccccc4)cc23)C[C@@H]1NC(C)=O)C(=O)NS(=O)(=O)c1ccccc1NC. The van der Waals surface area contributed by atoms with Crippen molar-refractivity contribution in [3.63, 3.8) is 0 Å². The van der Waals surface area contributed by atoms with Crippen molar-refractivity contribution in [2.45, 2.75) is 48.8 Å². The molecule has 6 rings (SSSR count). The van der Waals surface area contributed by atoms with Gasteiger partial charge < -0.3 is 25.4 Å². The van der Waals surface area contributed by atoms with Crippen LogP contribution in [0.1, 0.15) is 26.2 Å². The number of para-hydroxylation sites is 1. The number of hydrogen-bond acceptors (Lipinski definition) is 9. The molecule has 0 bridgehead atoms. The Hall–Kier alpha value is -5.43. The Labute approximate surface area is 290 Å². The van der Waals surface area contributed by atoms with Gasteiger partial charge in [0.05, 0.1) is 24.2 Å². The van der Waals surface area contributed by atoms with Crippen LogP contribution in [0.25, 0.3) is 22.0 Å². The van der Waals surface area contributed by atoms with Crippen molar-refractivity contribution in [2.24, 2.45) is 11.8 Å². The summed E-state index contributed by atoms with van der Waals surface area (Å²) in [5.41, 5.74) is 1.27. The van der Waals surface area contributed by atoms with E-state index in [0.717, 1.165) is 16.5 Å². The van der Waals surface area contributed by atoms with Gasteiger partial charge in [-0.25, -0.2) is 13.1 Å². The van der Waals surface area contributed by atoms with Gasteiger partial charge in [0.2, 0.25) is 11.8 Å². The van der Waals surface area contributed by atoms with Crippen LogP contribution in [0, 0.1) is 11.8 Å². The van der Waals surface area contributed by atoms with Crippen LogP contribution < -0.4 is 30.1 Å². The van der Waals surface area contributed by atoms with Crippen molar-refractivity contribution < 1.29 is 32.3 Å². The summed E-state index contributed by atoms with van der Waals surface area (Å²) in [6.45, 7) is 5.15. The number of carbonyl (C=O) groups excluding carboxylic acids is 3. The number of nitrogens with zero attached hydrogens (tertiary/aromatic N) is 1. The van der Waals surface area contributed by atoms with Gasteiger partial charge >= 0.3 is 0 Å². The lowest BCUT2D eigenvalue weighted by molar-refractivity contribution is -0.132. The number of methoxy groups -OCH3 is 1. The number of hydrogen-bond donors (Lipinski definition) is 4. The van der Waals surface area contributed by atoms with Gasteiger partial charge in [-0.05, 0) is 42.7 Å². The largest absolute Gasteiger partial charge is 0.496 e. The molecule has 12 nitrogen and oxygen atoms in total. The molecule has 2 fully saturated rings. The number of fused-ring (bicyclic) bond motifs is 1. The smallest absolute Gasteiger partial charge is 0.266 e. The highest BCUT2D eigenvalue weighted by atomic mass is 32.2. The zero-order valence-corrected chi connectivity index (χ0v) is 28.8. The summed E-state index contributed by atoms with van der Waals surface area (Å²) in [4.78, 5) is 44.2. The molecule has 3 aromatic carbocycles. The van der Waals surface area contributed by atoms with Gasteiger partial charge in [0, 0.05) is 55.6 Å². The Morgan fingerprint density at radius 3 is 2.42 bits per heavy atom. The summed E-state index contributed by atoms with van der Waals surface area (Å²) in [5, 5.41) is 9.27. The average molecular weight is 698 g/mol. The first-order chi connectivity index (χ1) is 24.0. The Morgan fingerprint density at radius 2 is 1.74 bits per heavy atom. The number of pyridine rings is 1. The number of carbonyl (C=O) groups is 3. The van der Waals surface area contributed by atoms with Crippen molar-refractivity contribution in [1.29, 1.82) is 0 Å². The molecule has 2 saturated carbocycles. The average Bonchev–Trinajstić information content (AvgIpc) is 3.69. The highest BCUT2D eigenvalue weighted by Gasteiger charge is 2.61. The van der Waals surface area contributed by atoms with Gasteiger partial charge in [-0.3, -0.25) is 19.4 Å². The fourth-order valence-corrected chi connectivity index (χ4v) is 8.02. The molecule has 1 aromatic heterocycles. The minimum absolute atomic E-state index is 0.104. The predicted molar refractivity (Wildman–Crippen MR) is 189 cm³/mol. The van der Waals surface area contributed by atoms with E-state index in [1.165, 1.54) is 19.1 Å². The molecule has 0 radical (unpaired) electrons. The van der Waals surface area contributed by atoms with Crippen molar-refractivity contribution in [3.05, 3.63) is 91.6 Å². The van der Waals surface area contributed by atoms with E-state index in [-0.39, 0.29) is 23.6 Å². The first-order valence-corrected chi connectivity index (χ1v) is 17.7. The number of amides is 3. The lowest BCUT2D eigenvalue weighted by atomic mass is 10.0. The van der Waals surface area contributed by atoms with Gasteiger partial charge in [-0.1, -0.05) is 48.5 Å². The van der Waals surface area contributed by atoms with Gasteiger partial charge in [0.1, 0.15) is 28.0 Å². The second kappa shape index (κ2) is 13.8. The lowest BCUT2D eigenvalue weighted by Gasteiger charge is -2.24. The van der Waals surface area contributed by atoms with Gasteiger partial charge in [-0.2, -0.15) is 0 Å². The summed E-state index contributed by atoms with van der Waals surface area (Å²) >= 11 is 0. The predicted octanol–water partition coefficient (Wildman–Crippen LogP) is 4.18. The number of sulfonamides is 1. The highest BCUT2D eigenvalue weighted by Crippen LogP contribution is 2.46. The lowest BCUT2D eigenvalue weighted by Crippen LogP contribution is -2.54. The quantitative estimate of drug-likeness (QED) is 0.159. The Kier molecular flexibility index (Phi) is 9.52. The molecule has 0 spiro atoms. The number of anilines is 1. The highest BCUT2D eigenvalue weighted by molar-refractivity contribution is 7.90. The Balaban J connectivity index is 1.23. The van der Waals surface area contributed by atoms with Crippen molar-refractivity contribution in [3.8, 4) is 22.6 Å². The monoisotopic (exact) mass is 697 g/mol. The van der Waals surface area contributed by atoms with Crippen molar-refractivity contribution in [2.75, 3.05) is 19.5 Å². The van der Waals surface area contributed by atoms with Crippen LogP contribution in [-0.4, -0.2) is 63.0 Å². The fourth-order valence-electron chi connectivity index (χ4n) is 6.76. The second-order valence-electron chi connectivity index (χ2n) is 12.6. The van der Waals surface area contributed by atoms with Crippen molar-refractivity contribution in [1.82, 2.24) is 20.3 Å². The zero-order chi connectivity index (χ0) is 35.6. The van der Waals surface area contributed by atoms with Crippen LogP contribution in [0.3, 0.4) is 0 Å². The summed E-state index contributed by atoms with van der Waals surface area (Å²) in [7, 11) is -1.10. The minimum atomic E-state index is -4.28. The third-order valence-corrected chi connectivity index (χ3v) is 10.8. The zero-order valence-electron chi connectivity index (χ0n) is 27.9. The molecule has 2 aliphatic carbocycles. The number of ether oxygens (including phenoxy) is 2. The van der Waals surface area contributed by atoms with E-state index in [9.17, 15) is 22.8 Å². The summed E-state index contributed by atoms with van der Waals surface area (Å²) in [6, 6.07) is 21.0. The second-order valence-corrected chi connectivity index (χ2v) is 14.2. The Bertz CT molecular complexity index is 2070. The minimum Gasteiger partial charge on any atom is -0.496 e. The van der Waals surface area contributed by atoms with Gasteiger partial charge in [-0.15, -0.1) is 6.58 Å². The molecular weight excluding hydrogens is 659 g/mol. The van der Waals surface area contributed by atoms with E-state index < -0.39 is 51.4 Å². The van der Waals surface area contributed by atoms with E-state index in [2.05, 4.69) is 32.2 Å². The molecule has 4 N–H and O–H groups in total. The summed E-state index contributed by atoms with van der Waals surface area (Å²) in [5.74, 6) is -1.73. The molecule has 0 aliphatic heterocycles. The number of nitrogens with one attached hydrogen (secondary N) is 4. The van der Waals surface area contributed by atoms with Crippen LogP contribution in [0.2, 0.25) is 0 Å². The molecule has 0 unspecified atom stereocenters. The molecule has 2 aliphatic rings. The number of benzene rings is 3. The van der Waals surface area contributed by atoms with Crippen LogP contribution in [0.5, 0.6) is 11.5 Å². The normalized spacial score (nSPS) is 22.6. The number of aromatic nitrogens is 1. The molecule has 0 saturated heterocycles. The van der Waals surface area contributed by atoms with E-state index in [1.54, 1.807) is 44.6 Å². The third-order valence-electron chi connectivity index (χ3n) is 9.37. The maximum Gasteiger partial charge on any atom is 0.266 e. The molecule has 260 valence electrons. The van der Waals surface area contributed by atoms with Crippen LogP contribution >= 0.6 is 0 Å². The molecule has 4 aromatic rings. The topological polar surface area (TPSA) is 165 Å². The first-order valence-electron chi connectivity index (χ1n) is 16.2. The molecule has 1 heterocycles. The van der Waals surface area contributed by atoms with Crippen molar-refractivity contribution >= 4 is 44.3 Å². The van der Waals surface area contributed by atoms with Gasteiger partial charge in [0.15, 0.2) is 0 Å². The number of rotatable bonds is 12. The van der Waals surface area contributed by atoms with Crippen LogP contribution in [0.15, 0.2) is 96.5 Å². The molecule has 5 atom stereocenters. The molecule has 13 heteroatoms. The van der Waals surface area contributed by atoms with E-state index in [0.29, 0.717) is 29.1 Å². The molecular formula is C37H39N5O7S. The van der Waals surface area contributed by atoms with Crippen LogP contribution in [-0.2, 0) is 24.4 Å². The summed E-state index contributed by atoms with van der Waals surface area (Å²) in [6.07, 6.45) is 3.40. The molecule has 50 heavy (non-hydrogen) atoms. The third kappa shape index (κ3) is 6.73. The van der Waals surface area contributed by atoms with E-state index in [4.69, 9.17) is 9.47 Å². The van der Waals surface area contributed by atoms with E-state index >= 15 is 0 Å². The fraction of sp³-hybridized carbons (Fsp3) is 0.297.